The van der Waals surface area contributed by atoms with Crippen molar-refractivity contribution in [3.63, 3.8) is 0 Å². The lowest BCUT2D eigenvalue weighted by molar-refractivity contribution is 0.408. The molecule has 3 aromatic carbocycles. The molecule has 0 amide bonds. The first-order chi connectivity index (χ1) is 13.2. The van der Waals surface area contributed by atoms with Crippen molar-refractivity contribution >= 4 is 11.6 Å². The highest BCUT2D eigenvalue weighted by Gasteiger charge is 2.08. The van der Waals surface area contributed by atoms with Crippen LogP contribution >= 0.6 is 0 Å². The van der Waals surface area contributed by atoms with E-state index in [-0.39, 0.29) is 0 Å². The first-order valence-electron chi connectivity index (χ1n) is 8.59. The van der Waals surface area contributed by atoms with E-state index in [9.17, 15) is 0 Å². The smallest absolute Gasteiger partial charge is 0.225 e. The first-order valence-corrected chi connectivity index (χ1v) is 8.59. The summed E-state index contributed by atoms with van der Waals surface area (Å²) in [6.07, 6.45) is 1.62. The number of methoxy groups -OCH3 is 1. The van der Waals surface area contributed by atoms with Gasteiger partial charge in [-0.2, -0.15) is 0 Å². The van der Waals surface area contributed by atoms with Gasteiger partial charge in [0.1, 0.15) is 17.2 Å². The van der Waals surface area contributed by atoms with Gasteiger partial charge < -0.3 is 14.2 Å². The number of ether oxygens (including phenoxy) is 3. The molecule has 0 saturated carbocycles. The largest absolute Gasteiger partial charge is 0.497 e. The highest BCUT2D eigenvalue weighted by molar-refractivity contribution is 5.96. The summed E-state index contributed by atoms with van der Waals surface area (Å²) in [6.45, 7) is 1.89. The quantitative estimate of drug-likeness (QED) is 0.318. The Morgan fingerprint density at radius 2 is 1.41 bits per heavy atom. The molecule has 0 fully saturated rings. The predicted octanol–water partition coefficient (Wildman–Crippen LogP) is 5.79. The number of para-hydroxylation sites is 2. The van der Waals surface area contributed by atoms with Crippen molar-refractivity contribution in [3.05, 3.63) is 96.8 Å². The van der Waals surface area contributed by atoms with Crippen LogP contribution in [0.15, 0.2) is 102 Å². The van der Waals surface area contributed by atoms with E-state index in [1.165, 1.54) is 0 Å². The summed E-state index contributed by atoms with van der Waals surface area (Å²) in [6, 6.07) is 26.6. The van der Waals surface area contributed by atoms with Gasteiger partial charge in [-0.1, -0.05) is 42.5 Å². The second kappa shape index (κ2) is 9.25. The summed E-state index contributed by atoms with van der Waals surface area (Å²) in [5.74, 6) is 2.58. The third-order valence-corrected chi connectivity index (χ3v) is 3.69. The first kappa shape index (κ1) is 18.3. The molecule has 27 heavy (non-hydrogen) atoms. The maximum Gasteiger partial charge on any atom is 0.225 e. The Bertz CT molecular complexity index is 919. The average molecular weight is 359 g/mol. The Balaban J connectivity index is 1.85. The van der Waals surface area contributed by atoms with Crippen LogP contribution < -0.4 is 14.2 Å². The van der Waals surface area contributed by atoms with Crippen molar-refractivity contribution in [1.29, 1.82) is 0 Å². The van der Waals surface area contributed by atoms with Crippen LogP contribution in [0.1, 0.15) is 6.92 Å². The monoisotopic (exact) mass is 359 g/mol. The summed E-state index contributed by atoms with van der Waals surface area (Å²) in [5.41, 5.74) is 1.56. The number of hydrogen-bond donors (Lipinski definition) is 0. The lowest BCUT2D eigenvalue weighted by Gasteiger charge is -2.10. The molecule has 0 aliphatic heterocycles. The molecule has 3 rings (SSSR count). The molecule has 4 heteroatoms. The zero-order chi connectivity index (χ0) is 18.9. The van der Waals surface area contributed by atoms with Crippen molar-refractivity contribution in [3.8, 4) is 17.2 Å². The Labute approximate surface area is 159 Å². The van der Waals surface area contributed by atoms with Gasteiger partial charge in [0, 0.05) is 11.6 Å². The second-order valence-electron chi connectivity index (χ2n) is 5.77. The Hall–Kier alpha value is -3.53. The van der Waals surface area contributed by atoms with Crippen LogP contribution in [0, 0.1) is 0 Å². The third-order valence-electron chi connectivity index (χ3n) is 3.69. The van der Waals surface area contributed by atoms with E-state index >= 15 is 0 Å². The van der Waals surface area contributed by atoms with E-state index in [0.717, 1.165) is 17.0 Å². The maximum atomic E-state index is 5.99. The second-order valence-corrected chi connectivity index (χ2v) is 5.77. The summed E-state index contributed by atoms with van der Waals surface area (Å²) in [5, 5.41) is 0. The standard InChI is InChI=1S/C23H21NO3/c1-18(17-26-22-15-9-14-21(16-22)25-2)23(24-19-10-5-3-6-11-19)27-20-12-7-4-8-13-20/h3-17H,1-2H3/b18-17?,24-23+. The Morgan fingerprint density at radius 1 is 0.778 bits per heavy atom. The van der Waals surface area contributed by atoms with E-state index in [0.29, 0.717) is 17.4 Å². The predicted molar refractivity (Wildman–Crippen MR) is 108 cm³/mol. The SMILES string of the molecule is COc1cccc(OC=C(C)/C(=N\c2ccccc2)Oc2ccccc2)c1. The van der Waals surface area contributed by atoms with Crippen LogP contribution in [-0.4, -0.2) is 13.0 Å². The van der Waals surface area contributed by atoms with Gasteiger partial charge in [-0.25, -0.2) is 4.99 Å². The minimum absolute atomic E-state index is 0.468. The summed E-state index contributed by atoms with van der Waals surface area (Å²) < 4.78 is 17.0. The fraction of sp³-hybridized carbons (Fsp3) is 0.0870. The number of rotatable bonds is 6. The zero-order valence-corrected chi connectivity index (χ0v) is 15.3. The molecule has 0 bridgehead atoms. The van der Waals surface area contributed by atoms with E-state index in [1.807, 2.05) is 91.9 Å². The van der Waals surface area contributed by atoms with Crippen molar-refractivity contribution in [1.82, 2.24) is 0 Å². The van der Waals surface area contributed by atoms with Crippen molar-refractivity contribution in [2.75, 3.05) is 7.11 Å². The molecule has 4 nitrogen and oxygen atoms in total. The van der Waals surface area contributed by atoms with Crippen LogP contribution in [0.3, 0.4) is 0 Å². The fourth-order valence-electron chi connectivity index (χ4n) is 2.29. The number of benzene rings is 3. The molecule has 3 aromatic rings. The van der Waals surface area contributed by atoms with Gasteiger partial charge in [0.15, 0.2) is 0 Å². The minimum Gasteiger partial charge on any atom is -0.497 e. The van der Waals surface area contributed by atoms with Gasteiger partial charge in [0.05, 0.1) is 19.1 Å². The van der Waals surface area contributed by atoms with Gasteiger partial charge in [-0.05, 0) is 43.3 Å². The molecule has 0 heterocycles. The average Bonchev–Trinajstić information content (AvgIpc) is 2.73. The highest BCUT2D eigenvalue weighted by Crippen LogP contribution is 2.21. The summed E-state index contributed by atoms with van der Waals surface area (Å²) >= 11 is 0. The van der Waals surface area contributed by atoms with Gasteiger partial charge >= 0.3 is 0 Å². The molecule has 0 unspecified atom stereocenters. The molecule has 0 radical (unpaired) electrons. The van der Waals surface area contributed by atoms with Gasteiger partial charge in [-0.15, -0.1) is 0 Å². The van der Waals surface area contributed by atoms with E-state index in [1.54, 1.807) is 13.4 Å². The number of nitrogens with zero attached hydrogens (tertiary/aromatic N) is 1. The zero-order valence-electron chi connectivity index (χ0n) is 15.3. The van der Waals surface area contributed by atoms with E-state index in [2.05, 4.69) is 4.99 Å². The fourth-order valence-corrected chi connectivity index (χ4v) is 2.29. The number of aliphatic imine (C=N–C) groups is 1. The van der Waals surface area contributed by atoms with Crippen LogP contribution in [0.4, 0.5) is 5.69 Å². The molecular weight excluding hydrogens is 338 g/mol. The molecule has 0 aliphatic rings. The topological polar surface area (TPSA) is 40.0 Å². The normalized spacial score (nSPS) is 11.8. The van der Waals surface area contributed by atoms with Crippen molar-refractivity contribution in [2.24, 2.45) is 4.99 Å². The van der Waals surface area contributed by atoms with Crippen LogP contribution in [-0.2, 0) is 0 Å². The third kappa shape index (κ3) is 5.47. The lowest BCUT2D eigenvalue weighted by atomic mass is 10.3. The van der Waals surface area contributed by atoms with Gasteiger partial charge in [0.2, 0.25) is 5.90 Å². The molecule has 0 aromatic heterocycles. The van der Waals surface area contributed by atoms with Gasteiger partial charge in [0.25, 0.3) is 0 Å². The maximum absolute atomic E-state index is 5.99. The van der Waals surface area contributed by atoms with E-state index < -0.39 is 0 Å². The molecule has 136 valence electrons. The minimum atomic E-state index is 0.468. The Morgan fingerprint density at radius 3 is 2.11 bits per heavy atom. The molecule has 0 aliphatic carbocycles. The highest BCUT2D eigenvalue weighted by atomic mass is 16.5. The van der Waals surface area contributed by atoms with Gasteiger partial charge in [-0.3, -0.25) is 0 Å². The summed E-state index contributed by atoms with van der Waals surface area (Å²) in [4.78, 5) is 4.62. The van der Waals surface area contributed by atoms with Crippen molar-refractivity contribution in [2.45, 2.75) is 6.92 Å². The lowest BCUT2D eigenvalue weighted by Crippen LogP contribution is -2.10. The Kier molecular flexibility index (Phi) is 6.26. The molecule has 0 saturated heterocycles. The van der Waals surface area contributed by atoms with Crippen LogP contribution in [0.5, 0.6) is 17.2 Å². The number of hydrogen-bond acceptors (Lipinski definition) is 4. The van der Waals surface area contributed by atoms with E-state index in [4.69, 9.17) is 14.2 Å². The molecule has 0 N–H and O–H groups in total. The van der Waals surface area contributed by atoms with Crippen LogP contribution in [0.2, 0.25) is 0 Å². The molecule has 0 atom stereocenters. The molecular formula is C23H21NO3. The molecule has 0 spiro atoms. The van der Waals surface area contributed by atoms with Crippen LogP contribution in [0.25, 0.3) is 0 Å². The van der Waals surface area contributed by atoms with Crippen molar-refractivity contribution < 1.29 is 14.2 Å². The summed E-state index contributed by atoms with van der Waals surface area (Å²) in [7, 11) is 1.62.